The van der Waals surface area contributed by atoms with Crippen molar-refractivity contribution < 1.29 is 9.47 Å². The molecule has 13 heavy (non-hydrogen) atoms. The molecule has 0 spiro atoms. The molecule has 2 aliphatic rings. The van der Waals surface area contributed by atoms with Crippen molar-refractivity contribution in [1.29, 1.82) is 0 Å². The van der Waals surface area contributed by atoms with Gasteiger partial charge in [-0.2, -0.15) is 0 Å². The third-order valence-electron chi connectivity index (χ3n) is 2.75. The maximum Gasteiger partial charge on any atom is 0.0838 e. The molecule has 2 fully saturated rings. The van der Waals surface area contributed by atoms with Gasteiger partial charge in [0.1, 0.15) is 0 Å². The summed E-state index contributed by atoms with van der Waals surface area (Å²) in [5, 5.41) is 3.36. The summed E-state index contributed by atoms with van der Waals surface area (Å²) in [6, 6.07) is 0. The number of nitrogens with one attached hydrogen (secondary N) is 1. The van der Waals surface area contributed by atoms with Crippen LogP contribution in [0.5, 0.6) is 0 Å². The fraction of sp³-hybridized carbons (Fsp3) is 1.00. The van der Waals surface area contributed by atoms with E-state index in [1.807, 2.05) is 0 Å². The van der Waals surface area contributed by atoms with Gasteiger partial charge >= 0.3 is 0 Å². The van der Waals surface area contributed by atoms with E-state index in [2.05, 4.69) is 5.32 Å². The predicted octanol–water partition coefficient (Wildman–Crippen LogP) is 0.823. The first-order valence-electron chi connectivity index (χ1n) is 4.87. The van der Waals surface area contributed by atoms with Gasteiger partial charge in [-0.05, 0) is 31.8 Å². The number of hydrogen-bond donors (Lipinski definition) is 1. The van der Waals surface area contributed by atoms with E-state index in [4.69, 9.17) is 9.47 Å². The van der Waals surface area contributed by atoms with Gasteiger partial charge in [-0.1, -0.05) is 0 Å². The van der Waals surface area contributed by atoms with Crippen molar-refractivity contribution in [2.45, 2.75) is 18.9 Å². The standard InChI is InChI=1S/C9H17NO2.ClH/c1-3-10-4-2-8(1)9-7-11-5-6-12-9;/h8-10H,1-7H2;1H. The lowest BCUT2D eigenvalue weighted by atomic mass is 9.92. The van der Waals surface area contributed by atoms with Crippen LogP contribution in [-0.4, -0.2) is 39.0 Å². The molecule has 2 saturated heterocycles. The molecule has 0 bridgehead atoms. The minimum atomic E-state index is 0. The van der Waals surface area contributed by atoms with Crippen molar-refractivity contribution in [3.8, 4) is 0 Å². The summed E-state index contributed by atoms with van der Waals surface area (Å²) >= 11 is 0. The topological polar surface area (TPSA) is 30.5 Å². The van der Waals surface area contributed by atoms with E-state index >= 15 is 0 Å². The summed E-state index contributed by atoms with van der Waals surface area (Å²) in [5.74, 6) is 0.728. The number of halogens is 1. The molecule has 78 valence electrons. The van der Waals surface area contributed by atoms with Crippen LogP contribution in [-0.2, 0) is 9.47 Å². The molecule has 0 aromatic carbocycles. The smallest absolute Gasteiger partial charge is 0.0838 e. The number of ether oxygens (including phenoxy) is 2. The number of rotatable bonds is 1. The molecule has 2 rings (SSSR count). The summed E-state index contributed by atoms with van der Waals surface area (Å²) in [4.78, 5) is 0. The third-order valence-corrected chi connectivity index (χ3v) is 2.75. The number of piperidine rings is 1. The van der Waals surface area contributed by atoms with Crippen LogP contribution in [0.25, 0.3) is 0 Å². The minimum Gasteiger partial charge on any atom is -0.376 e. The lowest BCUT2D eigenvalue weighted by molar-refractivity contribution is -0.114. The molecule has 4 heteroatoms. The second-order valence-electron chi connectivity index (χ2n) is 3.57. The fourth-order valence-electron chi connectivity index (χ4n) is 1.99. The Kier molecular flexibility index (Phi) is 5.02. The molecule has 0 radical (unpaired) electrons. The van der Waals surface area contributed by atoms with Crippen molar-refractivity contribution in [2.24, 2.45) is 5.92 Å². The van der Waals surface area contributed by atoms with Crippen LogP contribution < -0.4 is 5.32 Å². The van der Waals surface area contributed by atoms with Gasteiger partial charge in [0.05, 0.1) is 25.9 Å². The van der Waals surface area contributed by atoms with E-state index in [0.717, 1.165) is 38.8 Å². The van der Waals surface area contributed by atoms with Crippen molar-refractivity contribution in [3.05, 3.63) is 0 Å². The van der Waals surface area contributed by atoms with E-state index in [1.165, 1.54) is 12.8 Å². The van der Waals surface area contributed by atoms with Crippen LogP contribution >= 0.6 is 12.4 Å². The molecule has 3 nitrogen and oxygen atoms in total. The maximum atomic E-state index is 5.66. The van der Waals surface area contributed by atoms with E-state index in [1.54, 1.807) is 0 Å². The Hall–Kier alpha value is 0.170. The quantitative estimate of drug-likeness (QED) is 0.691. The van der Waals surface area contributed by atoms with Gasteiger partial charge in [0.2, 0.25) is 0 Å². The second-order valence-corrected chi connectivity index (χ2v) is 3.57. The van der Waals surface area contributed by atoms with Crippen molar-refractivity contribution >= 4 is 12.4 Å². The first-order valence-corrected chi connectivity index (χ1v) is 4.87. The Morgan fingerprint density at radius 2 is 1.85 bits per heavy atom. The Labute approximate surface area is 85.6 Å². The van der Waals surface area contributed by atoms with Crippen LogP contribution in [0.15, 0.2) is 0 Å². The Bertz CT molecular complexity index is 118. The lowest BCUT2D eigenvalue weighted by Crippen LogP contribution is -2.40. The maximum absolute atomic E-state index is 5.66. The van der Waals surface area contributed by atoms with Crippen molar-refractivity contribution in [3.63, 3.8) is 0 Å². The van der Waals surface area contributed by atoms with Gasteiger partial charge in [0, 0.05) is 0 Å². The second kappa shape index (κ2) is 5.81. The van der Waals surface area contributed by atoms with Crippen LogP contribution in [0.4, 0.5) is 0 Å². The Balaban J connectivity index is 0.000000845. The summed E-state index contributed by atoms with van der Waals surface area (Å²) in [6.07, 6.45) is 2.86. The molecule has 0 amide bonds. The van der Waals surface area contributed by atoms with Crippen LogP contribution in [0.3, 0.4) is 0 Å². The van der Waals surface area contributed by atoms with Crippen molar-refractivity contribution in [2.75, 3.05) is 32.9 Å². The average Bonchev–Trinajstić information content (AvgIpc) is 2.21. The third kappa shape index (κ3) is 3.09. The highest BCUT2D eigenvalue weighted by Crippen LogP contribution is 2.20. The van der Waals surface area contributed by atoms with Crippen LogP contribution in [0, 0.1) is 5.92 Å². The van der Waals surface area contributed by atoms with Gasteiger partial charge < -0.3 is 14.8 Å². The molecule has 0 aromatic heterocycles. The monoisotopic (exact) mass is 207 g/mol. The average molecular weight is 208 g/mol. The molecule has 2 heterocycles. The van der Waals surface area contributed by atoms with Gasteiger partial charge in [0.25, 0.3) is 0 Å². The minimum absolute atomic E-state index is 0. The van der Waals surface area contributed by atoms with Crippen LogP contribution in [0.1, 0.15) is 12.8 Å². The number of hydrogen-bond acceptors (Lipinski definition) is 3. The zero-order valence-electron chi connectivity index (χ0n) is 7.83. The molecular weight excluding hydrogens is 190 g/mol. The van der Waals surface area contributed by atoms with Crippen molar-refractivity contribution in [1.82, 2.24) is 5.32 Å². The molecule has 0 aromatic rings. The van der Waals surface area contributed by atoms with E-state index in [0.29, 0.717) is 6.10 Å². The summed E-state index contributed by atoms with van der Waals surface area (Å²) < 4.78 is 11.1. The molecule has 2 aliphatic heterocycles. The molecule has 0 saturated carbocycles. The molecule has 1 atom stereocenters. The highest BCUT2D eigenvalue weighted by atomic mass is 35.5. The molecule has 0 aliphatic carbocycles. The Morgan fingerprint density at radius 3 is 2.46 bits per heavy atom. The normalized spacial score (nSPS) is 30.9. The SMILES string of the molecule is C1CC(C2COCCO2)CCN1.Cl. The highest BCUT2D eigenvalue weighted by molar-refractivity contribution is 5.85. The van der Waals surface area contributed by atoms with E-state index in [-0.39, 0.29) is 12.4 Å². The summed E-state index contributed by atoms with van der Waals surface area (Å²) in [6.45, 7) is 4.66. The predicted molar refractivity (Wildman–Crippen MR) is 53.4 cm³/mol. The van der Waals surface area contributed by atoms with Gasteiger partial charge in [-0.25, -0.2) is 0 Å². The van der Waals surface area contributed by atoms with E-state index < -0.39 is 0 Å². The highest BCUT2D eigenvalue weighted by Gasteiger charge is 2.26. The van der Waals surface area contributed by atoms with Gasteiger partial charge in [-0.3, -0.25) is 0 Å². The fourth-order valence-corrected chi connectivity index (χ4v) is 1.99. The Morgan fingerprint density at radius 1 is 1.08 bits per heavy atom. The summed E-state index contributed by atoms with van der Waals surface area (Å²) in [5.41, 5.74) is 0. The molecular formula is C9H18ClNO2. The van der Waals surface area contributed by atoms with Gasteiger partial charge in [-0.15, -0.1) is 12.4 Å². The zero-order chi connectivity index (χ0) is 8.23. The first-order chi connectivity index (χ1) is 5.97. The lowest BCUT2D eigenvalue weighted by Gasteiger charge is -2.32. The first kappa shape index (κ1) is 11.2. The van der Waals surface area contributed by atoms with E-state index in [9.17, 15) is 0 Å². The van der Waals surface area contributed by atoms with Crippen LogP contribution in [0.2, 0.25) is 0 Å². The van der Waals surface area contributed by atoms with Gasteiger partial charge in [0.15, 0.2) is 0 Å². The summed E-state index contributed by atoms with van der Waals surface area (Å²) in [7, 11) is 0. The largest absolute Gasteiger partial charge is 0.376 e. The molecule has 1 N–H and O–H groups in total. The zero-order valence-corrected chi connectivity index (χ0v) is 8.65. The molecule has 1 unspecified atom stereocenters.